The van der Waals surface area contributed by atoms with Crippen LogP contribution in [0.2, 0.25) is 5.02 Å². The SMILES string of the molecule is CCOC(=O)c1cn2nc(N3CCNCC3)c(-c3ccccc3Cl)c2c(=O)[nH]1. The molecule has 0 spiro atoms. The molecule has 4 rings (SSSR count). The van der Waals surface area contributed by atoms with Gasteiger partial charge < -0.3 is 19.9 Å². The maximum atomic E-state index is 12.9. The first-order valence-electron chi connectivity index (χ1n) is 9.13. The highest BCUT2D eigenvalue weighted by molar-refractivity contribution is 6.33. The molecule has 0 unspecified atom stereocenters. The summed E-state index contributed by atoms with van der Waals surface area (Å²) >= 11 is 6.45. The third kappa shape index (κ3) is 3.25. The zero-order valence-corrected chi connectivity index (χ0v) is 16.1. The van der Waals surface area contributed by atoms with Crippen molar-refractivity contribution in [2.24, 2.45) is 0 Å². The topological polar surface area (TPSA) is 91.7 Å². The Morgan fingerprint density at radius 1 is 1.29 bits per heavy atom. The highest BCUT2D eigenvalue weighted by Crippen LogP contribution is 2.37. The number of carbonyl (C=O) groups excluding carboxylic acids is 1. The summed E-state index contributed by atoms with van der Waals surface area (Å²) in [7, 11) is 0. The lowest BCUT2D eigenvalue weighted by atomic mass is 10.1. The van der Waals surface area contributed by atoms with Gasteiger partial charge in [-0.15, -0.1) is 5.10 Å². The molecule has 146 valence electrons. The van der Waals surface area contributed by atoms with E-state index in [1.54, 1.807) is 13.0 Å². The number of hydrogen-bond acceptors (Lipinski definition) is 6. The molecule has 2 aromatic heterocycles. The lowest BCUT2D eigenvalue weighted by molar-refractivity contribution is 0.0518. The second kappa shape index (κ2) is 7.65. The summed E-state index contributed by atoms with van der Waals surface area (Å²) in [6, 6.07) is 7.35. The number of halogens is 1. The van der Waals surface area contributed by atoms with Gasteiger partial charge in [0.05, 0.1) is 18.4 Å². The third-order valence-electron chi connectivity index (χ3n) is 4.66. The summed E-state index contributed by atoms with van der Waals surface area (Å²) in [6.07, 6.45) is 1.49. The van der Waals surface area contributed by atoms with E-state index in [0.29, 0.717) is 21.9 Å². The molecule has 3 aromatic rings. The summed E-state index contributed by atoms with van der Waals surface area (Å²) in [5.74, 6) is 0.0705. The van der Waals surface area contributed by atoms with Crippen molar-refractivity contribution in [3.05, 3.63) is 51.5 Å². The number of fused-ring (bicyclic) bond motifs is 1. The lowest BCUT2D eigenvalue weighted by Gasteiger charge is -2.28. The van der Waals surface area contributed by atoms with Gasteiger partial charge in [-0.1, -0.05) is 29.8 Å². The third-order valence-corrected chi connectivity index (χ3v) is 4.99. The predicted octanol–water partition coefficient (Wildman–Crippen LogP) is 1.93. The molecule has 1 saturated heterocycles. The van der Waals surface area contributed by atoms with Gasteiger partial charge in [0.1, 0.15) is 11.2 Å². The Hall–Kier alpha value is -2.84. The fourth-order valence-electron chi connectivity index (χ4n) is 3.39. The van der Waals surface area contributed by atoms with Crippen LogP contribution in [0.3, 0.4) is 0 Å². The van der Waals surface area contributed by atoms with Crippen molar-refractivity contribution in [2.75, 3.05) is 37.7 Å². The zero-order chi connectivity index (χ0) is 19.7. The van der Waals surface area contributed by atoms with Crippen molar-refractivity contribution in [3.63, 3.8) is 0 Å². The minimum absolute atomic E-state index is 0.0550. The molecule has 3 heterocycles. The number of esters is 1. The number of aromatic nitrogens is 3. The molecule has 9 heteroatoms. The van der Waals surface area contributed by atoms with Crippen LogP contribution in [-0.4, -0.2) is 53.4 Å². The van der Waals surface area contributed by atoms with Gasteiger partial charge in [-0.25, -0.2) is 9.31 Å². The number of anilines is 1. The summed E-state index contributed by atoms with van der Waals surface area (Å²) in [5.41, 5.74) is 1.36. The van der Waals surface area contributed by atoms with Crippen LogP contribution in [0.25, 0.3) is 16.6 Å². The van der Waals surface area contributed by atoms with Crippen molar-refractivity contribution < 1.29 is 9.53 Å². The summed E-state index contributed by atoms with van der Waals surface area (Å²) in [4.78, 5) is 29.7. The summed E-state index contributed by atoms with van der Waals surface area (Å²) in [6.45, 7) is 5.07. The number of ether oxygens (including phenoxy) is 1. The molecule has 0 saturated carbocycles. The smallest absolute Gasteiger partial charge is 0.356 e. The quantitative estimate of drug-likeness (QED) is 0.649. The highest BCUT2D eigenvalue weighted by Gasteiger charge is 2.25. The molecular formula is C19H20ClN5O3. The van der Waals surface area contributed by atoms with E-state index in [9.17, 15) is 9.59 Å². The van der Waals surface area contributed by atoms with Gasteiger partial charge in [-0.2, -0.15) is 0 Å². The molecule has 1 aliphatic heterocycles. The van der Waals surface area contributed by atoms with Crippen LogP contribution in [0.1, 0.15) is 17.4 Å². The van der Waals surface area contributed by atoms with E-state index >= 15 is 0 Å². The van der Waals surface area contributed by atoms with Crippen molar-refractivity contribution in [1.82, 2.24) is 19.9 Å². The fraction of sp³-hybridized carbons (Fsp3) is 0.316. The second-order valence-electron chi connectivity index (χ2n) is 6.43. The fourth-order valence-corrected chi connectivity index (χ4v) is 3.62. The van der Waals surface area contributed by atoms with E-state index in [4.69, 9.17) is 16.3 Å². The number of H-pyrrole nitrogens is 1. The van der Waals surface area contributed by atoms with Crippen LogP contribution in [-0.2, 0) is 4.74 Å². The molecule has 0 atom stereocenters. The highest BCUT2D eigenvalue weighted by atomic mass is 35.5. The van der Waals surface area contributed by atoms with Crippen molar-refractivity contribution in [1.29, 1.82) is 0 Å². The van der Waals surface area contributed by atoms with Gasteiger partial charge >= 0.3 is 5.97 Å². The predicted molar refractivity (Wildman–Crippen MR) is 107 cm³/mol. The number of carbonyl (C=O) groups is 1. The molecule has 0 radical (unpaired) electrons. The van der Waals surface area contributed by atoms with Crippen LogP contribution in [0.5, 0.6) is 0 Å². The van der Waals surface area contributed by atoms with Gasteiger partial charge in [-0.3, -0.25) is 4.79 Å². The Labute approximate surface area is 166 Å². The monoisotopic (exact) mass is 401 g/mol. The maximum Gasteiger partial charge on any atom is 0.356 e. The minimum atomic E-state index is -0.597. The molecule has 8 nitrogen and oxygen atoms in total. The van der Waals surface area contributed by atoms with Crippen LogP contribution in [0.4, 0.5) is 5.82 Å². The first-order valence-corrected chi connectivity index (χ1v) is 9.51. The van der Waals surface area contributed by atoms with Crippen LogP contribution < -0.4 is 15.8 Å². The molecular weight excluding hydrogens is 382 g/mol. The van der Waals surface area contributed by atoms with Gasteiger partial charge in [0.2, 0.25) is 0 Å². The largest absolute Gasteiger partial charge is 0.461 e. The molecule has 1 fully saturated rings. The van der Waals surface area contributed by atoms with Crippen LogP contribution in [0.15, 0.2) is 35.3 Å². The number of piperazine rings is 1. The van der Waals surface area contributed by atoms with Crippen molar-refractivity contribution >= 4 is 28.9 Å². The van der Waals surface area contributed by atoms with Crippen LogP contribution in [0, 0.1) is 0 Å². The number of hydrogen-bond donors (Lipinski definition) is 2. The Kier molecular flexibility index (Phi) is 5.06. The summed E-state index contributed by atoms with van der Waals surface area (Å²) < 4.78 is 6.44. The Bertz CT molecular complexity index is 1080. The molecule has 0 bridgehead atoms. The molecule has 1 aliphatic rings. The zero-order valence-electron chi connectivity index (χ0n) is 15.4. The molecule has 1 aromatic carbocycles. The molecule has 2 N–H and O–H groups in total. The Morgan fingerprint density at radius 2 is 2.04 bits per heavy atom. The number of aromatic amines is 1. The first kappa shape index (κ1) is 18.5. The van der Waals surface area contributed by atoms with Crippen molar-refractivity contribution in [2.45, 2.75) is 6.92 Å². The van der Waals surface area contributed by atoms with Gasteiger partial charge in [0.25, 0.3) is 5.56 Å². The van der Waals surface area contributed by atoms with Gasteiger partial charge in [0, 0.05) is 36.8 Å². The number of nitrogens with zero attached hydrogens (tertiary/aromatic N) is 3. The Morgan fingerprint density at radius 3 is 2.75 bits per heavy atom. The number of benzene rings is 1. The van der Waals surface area contributed by atoms with Gasteiger partial charge in [0.15, 0.2) is 5.82 Å². The minimum Gasteiger partial charge on any atom is -0.461 e. The molecule has 0 amide bonds. The molecule has 28 heavy (non-hydrogen) atoms. The number of rotatable bonds is 4. The average molecular weight is 402 g/mol. The molecule has 0 aliphatic carbocycles. The standard InChI is InChI=1S/C19H20ClN5O3/c1-2-28-19(27)14-11-25-16(18(26)22-14)15(12-5-3-4-6-13(12)20)17(23-25)24-9-7-21-8-10-24/h3-6,11,21H,2,7-10H2,1H3,(H,22,26). The number of nitrogens with one attached hydrogen (secondary N) is 2. The maximum absolute atomic E-state index is 12.9. The van der Waals surface area contributed by atoms with E-state index < -0.39 is 11.5 Å². The average Bonchev–Trinajstić information content (AvgIpc) is 3.09. The lowest BCUT2D eigenvalue weighted by Crippen LogP contribution is -2.43. The summed E-state index contributed by atoms with van der Waals surface area (Å²) in [5, 5.41) is 8.48. The van der Waals surface area contributed by atoms with E-state index in [0.717, 1.165) is 31.7 Å². The van der Waals surface area contributed by atoms with Gasteiger partial charge in [-0.05, 0) is 13.0 Å². The van der Waals surface area contributed by atoms with E-state index in [1.807, 2.05) is 18.2 Å². The second-order valence-corrected chi connectivity index (χ2v) is 6.83. The first-order chi connectivity index (χ1) is 13.6. The Balaban J connectivity index is 1.97. The van der Waals surface area contributed by atoms with E-state index in [1.165, 1.54) is 10.7 Å². The van der Waals surface area contributed by atoms with E-state index in [2.05, 4.69) is 20.3 Å². The van der Waals surface area contributed by atoms with Crippen LogP contribution >= 0.6 is 11.6 Å². The van der Waals surface area contributed by atoms with Crippen molar-refractivity contribution in [3.8, 4) is 11.1 Å². The normalized spacial score (nSPS) is 14.4. The van der Waals surface area contributed by atoms with E-state index in [-0.39, 0.29) is 12.3 Å².